The minimum Gasteiger partial charge on any atom is -0.488 e. The smallest absolute Gasteiger partial charge is 0.267 e. The van der Waals surface area contributed by atoms with Crippen LogP contribution < -0.4 is 10.5 Å². The lowest BCUT2D eigenvalue weighted by Crippen LogP contribution is -2.18. The number of ether oxygens (including phenoxy) is 2. The molecule has 0 saturated heterocycles. The number of alkyl halides is 2. The zero-order valence-corrected chi connectivity index (χ0v) is 9.24. The molecule has 0 aliphatic rings. The third-order valence-corrected chi connectivity index (χ3v) is 2.00. The Morgan fingerprint density at radius 1 is 1.38 bits per heavy atom. The number of anilines is 1. The molecule has 0 aliphatic heterocycles. The Kier molecular flexibility index (Phi) is 4.49. The Bertz CT molecular complexity index is 345. The van der Waals surface area contributed by atoms with Gasteiger partial charge in [0.1, 0.15) is 11.9 Å². The summed E-state index contributed by atoms with van der Waals surface area (Å²) in [6.45, 7) is 2.09. The predicted molar refractivity (Wildman–Crippen MR) is 57.8 cm³/mol. The van der Waals surface area contributed by atoms with Crippen LogP contribution in [0.5, 0.6) is 5.75 Å². The summed E-state index contributed by atoms with van der Waals surface area (Å²) in [4.78, 5) is 0. The summed E-state index contributed by atoms with van der Waals surface area (Å²) in [6.07, 6.45) is -2.89. The largest absolute Gasteiger partial charge is 0.488 e. The van der Waals surface area contributed by atoms with Crippen LogP contribution in [0.1, 0.15) is 18.9 Å². The maximum atomic E-state index is 12.7. The SMILES string of the molecule is COCC(C)Oc1ccc(N)cc1C(F)F. The second-order valence-electron chi connectivity index (χ2n) is 3.48. The average molecular weight is 231 g/mol. The van der Waals surface area contributed by atoms with Crippen LogP contribution in [0.25, 0.3) is 0 Å². The fourth-order valence-electron chi connectivity index (χ4n) is 1.33. The molecule has 0 aromatic heterocycles. The van der Waals surface area contributed by atoms with Crippen molar-refractivity contribution in [2.45, 2.75) is 19.5 Å². The molecule has 0 bridgehead atoms. The van der Waals surface area contributed by atoms with E-state index in [1.54, 1.807) is 6.92 Å². The molecule has 1 rings (SSSR count). The molecule has 0 saturated carbocycles. The molecule has 1 aromatic carbocycles. The molecular weight excluding hydrogens is 216 g/mol. The molecule has 2 N–H and O–H groups in total. The van der Waals surface area contributed by atoms with Crippen LogP contribution in [0.2, 0.25) is 0 Å². The first-order valence-corrected chi connectivity index (χ1v) is 4.87. The van der Waals surface area contributed by atoms with Crippen LogP contribution in [0.15, 0.2) is 18.2 Å². The summed E-state index contributed by atoms with van der Waals surface area (Å²) >= 11 is 0. The van der Waals surface area contributed by atoms with Gasteiger partial charge in [0.2, 0.25) is 0 Å². The van der Waals surface area contributed by atoms with Crippen LogP contribution >= 0.6 is 0 Å². The molecule has 1 unspecified atom stereocenters. The van der Waals surface area contributed by atoms with Crippen LogP contribution in [0.4, 0.5) is 14.5 Å². The first-order chi connectivity index (χ1) is 7.54. The molecular formula is C11H15F2NO2. The number of nitrogens with two attached hydrogens (primary N) is 1. The van der Waals surface area contributed by atoms with Crippen molar-refractivity contribution in [3.63, 3.8) is 0 Å². The van der Waals surface area contributed by atoms with E-state index in [0.717, 1.165) is 0 Å². The van der Waals surface area contributed by atoms with Gasteiger partial charge in [-0.25, -0.2) is 8.78 Å². The molecule has 0 fully saturated rings. The topological polar surface area (TPSA) is 44.5 Å². The predicted octanol–water partition coefficient (Wildman–Crippen LogP) is 2.62. The molecule has 5 heteroatoms. The second kappa shape index (κ2) is 5.65. The molecule has 0 amide bonds. The van der Waals surface area contributed by atoms with Gasteiger partial charge >= 0.3 is 0 Å². The highest BCUT2D eigenvalue weighted by Gasteiger charge is 2.16. The third kappa shape index (κ3) is 3.34. The fourth-order valence-corrected chi connectivity index (χ4v) is 1.33. The van der Waals surface area contributed by atoms with Gasteiger partial charge in [-0.3, -0.25) is 0 Å². The number of hydrogen-bond donors (Lipinski definition) is 1. The summed E-state index contributed by atoms with van der Waals surface area (Å²) in [5.74, 6) is 0.147. The maximum absolute atomic E-state index is 12.7. The summed E-state index contributed by atoms with van der Waals surface area (Å²) < 4.78 is 35.6. The molecule has 1 aromatic rings. The van der Waals surface area contributed by atoms with E-state index in [4.69, 9.17) is 15.2 Å². The molecule has 0 aliphatic carbocycles. The van der Waals surface area contributed by atoms with Crippen molar-refractivity contribution in [3.05, 3.63) is 23.8 Å². The minimum absolute atomic E-state index is 0.147. The summed E-state index contributed by atoms with van der Waals surface area (Å²) in [5, 5.41) is 0. The van der Waals surface area contributed by atoms with Crippen molar-refractivity contribution in [2.75, 3.05) is 19.5 Å². The van der Waals surface area contributed by atoms with E-state index in [1.165, 1.54) is 25.3 Å². The number of rotatable bonds is 5. The number of benzene rings is 1. The Morgan fingerprint density at radius 2 is 2.06 bits per heavy atom. The maximum Gasteiger partial charge on any atom is 0.267 e. The Labute approximate surface area is 93.2 Å². The van der Waals surface area contributed by atoms with Gasteiger partial charge in [-0.1, -0.05) is 0 Å². The molecule has 3 nitrogen and oxygen atoms in total. The molecule has 0 heterocycles. The highest BCUT2D eigenvalue weighted by atomic mass is 19.3. The Balaban J connectivity index is 2.86. The average Bonchev–Trinajstić information content (AvgIpc) is 2.20. The van der Waals surface area contributed by atoms with Gasteiger partial charge in [-0.05, 0) is 25.1 Å². The Morgan fingerprint density at radius 3 is 2.62 bits per heavy atom. The van der Waals surface area contributed by atoms with Gasteiger partial charge in [0, 0.05) is 12.8 Å². The van der Waals surface area contributed by atoms with Crippen LogP contribution in [-0.2, 0) is 4.74 Å². The first kappa shape index (κ1) is 12.7. The number of halogens is 2. The lowest BCUT2D eigenvalue weighted by atomic mass is 10.2. The van der Waals surface area contributed by atoms with Crippen LogP contribution in [0, 0.1) is 0 Å². The van der Waals surface area contributed by atoms with E-state index in [1.807, 2.05) is 0 Å². The lowest BCUT2D eigenvalue weighted by molar-refractivity contribution is 0.0855. The van der Waals surface area contributed by atoms with Gasteiger partial charge in [0.15, 0.2) is 0 Å². The number of hydrogen-bond acceptors (Lipinski definition) is 3. The van der Waals surface area contributed by atoms with Crippen LogP contribution in [-0.4, -0.2) is 19.8 Å². The van der Waals surface area contributed by atoms with E-state index in [2.05, 4.69) is 0 Å². The normalized spacial score (nSPS) is 12.8. The van der Waals surface area contributed by atoms with Crippen molar-refractivity contribution < 1.29 is 18.3 Å². The van der Waals surface area contributed by atoms with Crippen molar-refractivity contribution in [3.8, 4) is 5.75 Å². The number of methoxy groups -OCH3 is 1. The molecule has 0 radical (unpaired) electrons. The minimum atomic E-state index is -2.60. The highest BCUT2D eigenvalue weighted by molar-refractivity contribution is 5.48. The number of nitrogen functional groups attached to an aromatic ring is 1. The third-order valence-electron chi connectivity index (χ3n) is 2.00. The second-order valence-corrected chi connectivity index (χ2v) is 3.48. The lowest BCUT2D eigenvalue weighted by Gasteiger charge is -2.16. The zero-order valence-electron chi connectivity index (χ0n) is 9.24. The van der Waals surface area contributed by atoms with Crippen molar-refractivity contribution in [1.29, 1.82) is 0 Å². The van der Waals surface area contributed by atoms with Crippen LogP contribution in [0.3, 0.4) is 0 Å². The first-order valence-electron chi connectivity index (χ1n) is 4.87. The highest BCUT2D eigenvalue weighted by Crippen LogP contribution is 2.31. The van der Waals surface area contributed by atoms with Crippen molar-refractivity contribution in [1.82, 2.24) is 0 Å². The fraction of sp³-hybridized carbons (Fsp3) is 0.455. The monoisotopic (exact) mass is 231 g/mol. The van der Waals surface area contributed by atoms with Gasteiger partial charge in [-0.15, -0.1) is 0 Å². The summed E-state index contributed by atoms with van der Waals surface area (Å²) in [7, 11) is 1.52. The van der Waals surface area contributed by atoms with Gasteiger partial charge in [0.25, 0.3) is 6.43 Å². The van der Waals surface area contributed by atoms with Crippen molar-refractivity contribution in [2.24, 2.45) is 0 Å². The van der Waals surface area contributed by atoms with E-state index < -0.39 is 6.43 Å². The molecule has 90 valence electrons. The molecule has 1 atom stereocenters. The van der Waals surface area contributed by atoms with E-state index in [0.29, 0.717) is 12.3 Å². The van der Waals surface area contributed by atoms with Crippen molar-refractivity contribution >= 4 is 5.69 Å². The molecule has 16 heavy (non-hydrogen) atoms. The Hall–Kier alpha value is -1.36. The van der Waals surface area contributed by atoms with Gasteiger partial charge < -0.3 is 15.2 Å². The molecule has 0 spiro atoms. The summed E-state index contributed by atoms with van der Waals surface area (Å²) in [6, 6.07) is 4.20. The van der Waals surface area contributed by atoms with Gasteiger partial charge in [0.05, 0.1) is 12.2 Å². The van der Waals surface area contributed by atoms with E-state index in [-0.39, 0.29) is 17.4 Å². The van der Waals surface area contributed by atoms with E-state index in [9.17, 15) is 8.78 Å². The van der Waals surface area contributed by atoms with Gasteiger partial charge in [-0.2, -0.15) is 0 Å². The zero-order chi connectivity index (χ0) is 12.1. The quantitative estimate of drug-likeness (QED) is 0.792. The summed E-state index contributed by atoms with van der Waals surface area (Å²) in [5.41, 5.74) is 5.54. The van der Waals surface area contributed by atoms with E-state index >= 15 is 0 Å². The standard InChI is InChI=1S/C11H15F2NO2/c1-7(6-15-2)16-10-4-3-8(14)5-9(10)11(12)13/h3-5,7,11H,6,14H2,1-2H3.